The Bertz CT molecular complexity index is 463. The third-order valence-corrected chi connectivity index (χ3v) is 3.18. The van der Waals surface area contributed by atoms with Gasteiger partial charge < -0.3 is 4.55 Å². The molecule has 0 aliphatic rings. The molecule has 6 atom stereocenters. The predicted molar refractivity (Wildman–Crippen MR) is 50.0 cm³/mol. The summed E-state index contributed by atoms with van der Waals surface area (Å²) in [5.41, 5.74) is -4.85. The largest absolute Gasteiger partial charge is 1.00 e. The van der Waals surface area contributed by atoms with Crippen LogP contribution in [-0.4, -0.2) is 61.7 Å². The van der Waals surface area contributed by atoms with Crippen molar-refractivity contribution in [2.45, 2.75) is 48.7 Å². The van der Waals surface area contributed by atoms with E-state index in [1.54, 1.807) is 0 Å². The van der Waals surface area contributed by atoms with Crippen molar-refractivity contribution in [3.63, 3.8) is 0 Å². The Hall–Kier alpha value is -0.193. The van der Waals surface area contributed by atoms with E-state index >= 15 is 0 Å². The monoisotopic (exact) mass is 380 g/mol. The van der Waals surface area contributed by atoms with Crippen LogP contribution in [0.2, 0.25) is 0 Å². The van der Waals surface area contributed by atoms with E-state index in [1.807, 2.05) is 0 Å². The molecule has 15 heteroatoms. The fourth-order valence-electron chi connectivity index (χ4n) is 1.18. The van der Waals surface area contributed by atoms with E-state index in [1.165, 1.54) is 0 Å². The first kappa shape index (κ1) is 25.1. The smallest absolute Gasteiger partial charge is 0.746 e. The SMILES string of the molecule is O=S(=O)([O-])C(F)C(F)(F)C(F)C(F)C(F)C(F)C(F)C(F)F.[Li+]. The van der Waals surface area contributed by atoms with Crippen molar-refractivity contribution in [3.8, 4) is 0 Å². The molecule has 0 radical (unpaired) electrons. The average molecular weight is 380 g/mol. The van der Waals surface area contributed by atoms with Crippen molar-refractivity contribution < 1.29 is 75.7 Å². The third-order valence-electron chi connectivity index (χ3n) is 2.36. The fraction of sp³-hybridized carbons (Fsp3) is 1.00. The molecule has 0 amide bonds. The van der Waals surface area contributed by atoms with E-state index in [9.17, 15) is 56.9 Å². The van der Waals surface area contributed by atoms with Crippen molar-refractivity contribution in [1.29, 1.82) is 0 Å². The Kier molecular flexibility index (Phi) is 9.55. The Morgan fingerprint density at radius 3 is 1.39 bits per heavy atom. The number of hydrogen-bond acceptors (Lipinski definition) is 3. The molecular formula is C8H7F10LiO3S. The molecule has 23 heavy (non-hydrogen) atoms. The number of halogens is 10. The van der Waals surface area contributed by atoms with Crippen molar-refractivity contribution >= 4 is 10.1 Å². The van der Waals surface area contributed by atoms with Crippen LogP contribution in [0, 0.1) is 0 Å². The Labute approximate surface area is 135 Å². The third kappa shape index (κ3) is 5.99. The van der Waals surface area contributed by atoms with Gasteiger partial charge in [0.05, 0.1) is 0 Å². The van der Waals surface area contributed by atoms with Gasteiger partial charge in [-0.05, 0) is 0 Å². The van der Waals surface area contributed by atoms with Gasteiger partial charge >= 0.3 is 24.8 Å². The maximum absolute atomic E-state index is 13.0. The summed E-state index contributed by atoms with van der Waals surface area (Å²) >= 11 is 0. The first-order valence-corrected chi connectivity index (χ1v) is 6.57. The zero-order valence-electron chi connectivity index (χ0n) is 11.0. The minimum absolute atomic E-state index is 0. The van der Waals surface area contributed by atoms with E-state index in [0.29, 0.717) is 0 Å². The molecule has 0 aliphatic carbocycles. The van der Waals surface area contributed by atoms with Crippen LogP contribution in [0.15, 0.2) is 0 Å². The van der Waals surface area contributed by atoms with Gasteiger partial charge in [0.15, 0.2) is 24.7 Å². The normalized spacial score (nSPS) is 21.0. The molecule has 0 aromatic carbocycles. The van der Waals surface area contributed by atoms with Gasteiger partial charge in [0.25, 0.3) is 11.9 Å². The van der Waals surface area contributed by atoms with Crippen molar-refractivity contribution in [1.82, 2.24) is 0 Å². The Balaban J connectivity index is 0. The molecule has 3 nitrogen and oxygen atoms in total. The number of alkyl halides is 10. The molecule has 0 heterocycles. The second-order valence-electron chi connectivity index (χ2n) is 4.00. The summed E-state index contributed by atoms with van der Waals surface area (Å²) < 4.78 is 155. The molecule has 0 aliphatic heterocycles. The summed E-state index contributed by atoms with van der Waals surface area (Å²) in [5, 5.41) is 0. The quantitative estimate of drug-likeness (QED) is 0.322. The molecule has 0 bridgehead atoms. The van der Waals surface area contributed by atoms with Gasteiger partial charge in [-0.1, -0.05) is 0 Å². The average Bonchev–Trinajstić information content (AvgIpc) is 2.40. The van der Waals surface area contributed by atoms with Crippen molar-refractivity contribution in [2.24, 2.45) is 0 Å². The van der Waals surface area contributed by atoms with Gasteiger partial charge in [-0.3, -0.25) is 0 Å². The van der Waals surface area contributed by atoms with Gasteiger partial charge in [0, 0.05) is 0 Å². The van der Waals surface area contributed by atoms with Crippen molar-refractivity contribution in [3.05, 3.63) is 0 Å². The fourth-order valence-corrected chi connectivity index (χ4v) is 1.70. The molecule has 0 N–H and O–H groups in total. The van der Waals surface area contributed by atoms with E-state index < -0.39 is 58.8 Å². The van der Waals surface area contributed by atoms with Gasteiger partial charge in [-0.15, -0.1) is 0 Å². The molecule has 0 saturated carbocycles. The maximum atomic E-state index is 13.0. The van der Waals surface area contributed by atoms with Crippen LogP contribution in [0.5, 0.6) is 0 Å². The summed E-state index contributed by atoms with van der Waals surface area (Å²) in [7, 11) is -6.50. The molecule has 0 aromatic heterocycles. The predicted octanol–water partition coefficient (Wildman–Crippen LogP) is -0.578. The van der Waals surface area contributed by atoms with Gasteiger partial charge in [0.2, 0.25) is 6.17 Å². The van der Waals surface area contributed by atoms with E-state index in [4.69, 9.17) is 0 Å². The Morgan fingerprint density at radius 1 is 0.739 bits per heavy atom. The molecule has 0 rings (SSSR count). The van der Waals surface area contributed by atoms with Gasteiger partial charge in [-0.2, -0.15) is 8.78 Å². The zero-order valence-corrected chi connectivity index (χ0v) is 11.8. The molecule has 134 valence electrons. The Morgan fingerprint density at radius 2 is 1.09 bits per heavy atom. The molecule has 6 unspecified atom stereocenters. The summed E-state index contributed by atoms with van der Waals surface area (Å²) in [5.74, 6) is -5.96. The second-order valence-corrected chi connectivity index (χ2v) is 5.40. The minimum Gasteiger partial charge on any atom is -0.746 e. The van der Waals surface area contributed by atoms with Crippen LogP contribution in [0.3, 0.4) is 0 Å². The molecule has 0 aromatic rings. The maximum Gasteiger partial charge on any atom is 1.00 e. The van der Waals surface area contributed by atoms with E-state index in [-0.39, 0.29) is 18.9 Å². The first-order chi connectivity index (χ1) is 9.65. The number of rotatable bonds is 8. The van der Waals surface area contributed by atoms with Crippen LogP contribution < -0.4 is 18.9 Å². The summed E-state index contributed by atoms with van der Waals surface area (Å²) in [6.45, 7) is 0. The standard InChI is InChI=1S/C8H8F10O3S.Li/c9-1(2(10)4(12)6(14)15)3(11)5(13)8(17,18)7(16)22(19,20)21;/h1-7H,(H,19,20,21);/q;+1/p-1. The van der Waals surface area contributed by atoms with Crippen LogP contribution in [0.1, 0.15) is 0 Å². The van der Waals surface area contributed by atoms with E-state index in [2.05, 4.69) is 0 Å². The molecular weight excluding hydrogens is 373 g/mol. The first-order valence-electron chi connectivity index (χ1n) is 5.10. The molecule has 0 fully saturated rings. The number of hydrogen-bond donors (Lipinski definition) is 0. The van der Waals surface area contributed by atoms with Gasteiger partial charge in [-0.25, -0.2) is 43.5 Å². The van der Waals surface area contributed by atoms with Crippen molar-refractivity contribution in [2.75, 3.05) is 0 Å². The zero-order chi connectivity index (χ0) is 18.0. The topological polar surface area (TPSA) is 57.2 Å². The minimum atomic E-state index is -6.50. The summed E-state index contributed by atoms with van der Waals surface area (Å²) in [4.78, 5) is 0. The second kappa shape index (κ2) is 8.77. The summed E-state index contributed by atoms with van der Waals surface area (Å²) in [6.07, 6.45) is -25.7. The van der Waals surface area contributed by atoms with Crippen LogP contribution in [0.4, 0.5) is 43.9 Å². The molecule has 0 saturated heterocycles. The molecule has 0 spiro atoms. The van der Waals surface area contributed by atoms with E-state index in [0.717, 1.165) is 0 Å². The van der Waals surface area contributed by atoms with Crippen LogP contribution >= 0.6 is 0 Å². The van der Waals surface area contributed by atoms with Crippen LogP contribution in [-0.2, 0) is 10.1 Å². The van der Waals surface area contributed by atoms with Gasteiger partial charge in [0.1, 0.15) is 10.1 Å². The van der Waals surface area contributed by atoms with Crippen LogP contribution in [0.25, 0.3) is 0 Å². The summed E-state index contributed by atoms with van der Waals surface area (Å²) in [6, 6.07) is 0.